The molecular formula is C41H27N3. The second-order valence-corrected chi connectivity index (χ2v) is 11.2. The summed E-state index contributed by atoms with van der Waals surface area (Å²) in [5.41, 5.74) is 11.6. The largest absolute Gasteiger partial charge is 0.309 e. The second-order valence-electron chi connectivity index (χ2n) is 11.2. The van der Waals surface area contributed by atoms with Crippen LogP contribution >= 0.6 is 0 Å². The van der Waals surface area contributed by atoms with Gasteiger partial charge in [-0.15, -0.1) is 0 Å². The molecule has 0 saturated carbocycles. The SMILES string of the molecule is c1ccc(-c2cccc(-n3c4cc(-c5cccc6c5c5ccccc5n6-c5ccccc5)ccc4c4cccnc43)c2)cc1. The molecule has 3 nitrogen and oxygen atoms in total. The Morgan fingerprint density at radius 2 is 1.09 bits per heavy atom. The fraction of sp³-hybridized carbons (Fsp3) is 0. The lowest BCUT2D eigenvalue weighted by molar-refractivity contribution is 1.14. The van der Waals surface area contributed by atoms with E-state index in [9.17, 15) is 0 Å². The van der Waals surface area contributed by atoms with Crippen LogP contribution in [0.2, 0.25) is 0 Å². The molecule has 206 valence electrons. The smallest absolute Gasteiger partial charge is 0.145 e. The third kappa shape index (κ3) is 3.73. The van der Waals surface area contributed by atoms with Crippen LogP contribution in [0.25, 0.3) is 77.4 Å². The molecule has 0 aliphatic rings. The van der Waals surface area contributed by atoms with Crippen molar-refractivity contribution in [2.24, 2.45) is 0 Å². The lowest BCUT2D eigenvalue weighted by Gasteiger charge is -2.11. The molecule has 3 heteroatoms. The highest BCUT2D eigenvalue weighted by molar-refractivity contribution is 6.17. The Balaban J connectivity index is 1.32. The van der Waals surface area contributed by atoms with E-state index in [1.54, 1.807) is 0 Å². The number of pyridine rings is 1. The van der Waals surface area contributed by atoms with Gasteiger partial charge in [-0.1, -0.05) is 103 Å². The zero-order valence-electron chi connectivity index (χ0n) is 23.9. The molecule has 6 aromatic carbocycles. The average Bonchev–Trinajstić information content (AvgIpc) is 3.62. The van der Waals surface area contributed by atoms with E-state index in [1.165, 1.54) is 49.4 Å². The predicted molar refractivity (Wildman–Crippen MR) is 184 cm³/mol. The molecule has 0 N–H and O–H groups in total. The standard InChI is InChI=1S/C41H27N3/c1-3-12-28(13-4-1)29-14-9-17-32(26-29)44-39-27-30(23-24-34(39)35-20-11-25-42-41(35)44)33-19-10-22-38-40(33)36-18-7-8-21-37(36)43(38)31-15-5-2-6-16-31/h1-27H. The lowest BCUT2D eigenvalue weighted by atomic mass is 9.98. The molecule has 0 bridgehead atoms. The minimum Gasteiger partial charge on any atom is -0.309 e. The van der Waals surface area contributed by atoms with E-state index in [0.29, 0.717) is 0 Å². The van der Waals surface area contributed by atoms with Gasteiger partial charge < -0.3 is 4.57 Å². The van der Waals surface area contributed by atoms with Crippen molar-refractivity contribution in [2.45, 2.75) is 0 Å². The fourth-order valence-electron chi connectivity index (χ4n) is 6.84. The van der Waals surface area contributed by atoms with Crippen molar-refractivity contribution in [1.82, 2.24) is 14.1 Å². The summed E-state index contributed by atoms with van der Waals surface area (Å²) < 4.78 is 4.69. The molecule has 44 heavy (non-hydrogen) atoms. The van der Waals surface area contributed by atoms with Crippen molar-refractivity contribution >= 4 is 43.7 Å². The minimum atomic E-state index is 0.962. The van der Waals surface area contributed by atoms with Crippen LogP contribution in [-0.2, 0) is 0 Å². The molecule has 0 fully saturated rings. The Morgan fingerprint density at radius 3 is 1.98 bits per heavy atom. The maximum Gasteiger partial charge on any atom is 0.145 e. The van der Waals surface area contributed by atoms with E-state index in [2.05, 4.69) is 161 Å². The first-order valence-corrected chi connectivity index (χ1v) is 15.0. The number of hydrogen-bond acceptors (Lipinski definition) is 1. The van der Waals surface area contributed by atoms with Gasteiger partial charge in [-0.3, -0.25) is 4.57 Å². The summed E-state index contributed by atoms with van der Waals surface area (Å²) in [7, 11) is 0. The topological polar surface area (TPSA) is 22.8 Å². The van der Waals surface area contributed by atoms with E-state index in [4.69, 9.17) is 4.98 Å². The number of para-hydroxylation sites is 2. The Kier molecular flexibility index (Phi) is 5.50. The molecule has 0 unspecified atom stereocenters. The first kappa shape index (κ1) is 24.6. The third-order valence-corrected chi connectivity index (χ3v) is 8.76. The molecule has 0 aliphatic heterocycles. The van der Waals surface area contributed by atoms with Gasteiger partial charge in [-0.05, 0) is 76.9 Å². The van der Waals surface area contributed by atoms with Crippen LogP contribution in [0.3, 0.4) is 0 Å². The summed E-state index contributed by atoms with van der Waals surface area (Å²) in [6.07, 6.45) is 1.89. The summed E-state index contributed by atoms with van der Waals surface area (Å²) in [5, 5.41) is 4.86. The van der Waals surface area contributed by atoms with Crippen molar-refractivity contribution in [3.8, 4) is 33.6 Å². The summed E-state index contributed by atoms with van der Waals surface area (Å²) >= 11 is 0. The molecule has 3 aromatic heterocycles. The molecule has 9 aromatic rings. The van der Waals surface area contributed by atoms with Crippen LogP contribution in [0.1, 0.15) is 0 Å². The van der Waals surface area contributed by atoms with Crippen LogP contribution in [-0.4, -0.2) is 14.1 Å². The molecule has 3 heterocycles. The molecule has 0 radical (unpaired) electrons. The zero-order valence-corrected chi connectivity index (χ0v) is 23.9. The quantitative estimate of drug-likeness (QED) is 0.210. The predicted octanol–water partition coefficient (Wildman–Crippen LogP) is 10.6. The van der Waals surface area contributed by atoms with E-state index in [-0.39, 0.29) is 0 Å². The van der Waals surface area contributed by atoms with Gasteiger partial charge in [0.25, 0.3) is 0 Å². The zero-order chi connectivity index (χ0) is 29.0. The number of aromatic nitrogens is 3. The highest BCUT2D eigenvalue weighted by Crippen LogP contribution is 2.40. The summed E-state index contributed by atoms with van der Waals surface area (Å²) in [4.78, 5) is 4.89. The number of nitrogens with zero attached hydrogens (tertiary/aromatic N) is 3. The first-order valence-electron chi connectivity index (χ1n) is 15.0. The average molecular weight is 562 g/mol. The molecule has 0 spiro atoms. The molecule has 0 amide bonds. The van der Waals surface area contributed by atoms with Crippen molar-refractivity contribution in [2.75, 3.05) is 0 Å². The van der Waals surface area contributed by atoms with E-state index < -0.39 is 0 Å². The van der Waals surface area contributed by atoms with Gasteiger partial charge in [0.2, 0.25) is 0 Å². The summed E-state index contributed by atoms with van der Waals surface area (Å²) in [6, 6.07) is 56.4. The van der Waals surface area contributed by atoms with Crippen molar-refractivity contribution < 1.29 is 0 Å². The van der Waals surface area contributed by atoms with Gasteiger partial charge in [0.05, 0.1) is 16.6 Å². The normalized spacial score (nSPS) is 11.6. The molecule has 0 saturated heterocycles. The van der Waals surface area contributed by atoms with Gasteiger partial charge in [0.1, 0.15) is 5.65 Å². The van der Waals surface area contributed by atoms with E-state index >= 15 is 0 Å². The van der Waals surface area contributed by atoms with Gasteiger partial charge >= 0.3 is 0 Å². The number of hydrogen-bond donors (Lipinski definition) is 0. The minimum absolute atomic E-state index is 0.962. The van der Waals surface area contributed by atoms with Crippen LogP contribution in [0, 0.1) is 0 Å². The van der Waals surface area contributed by atoms with Gasteiger partial charge in [0, 0.05) is 39.1 Å². The second kappa shape index (κ2) is 9.82. The highest BCUT2D eigenvalue weighted by Gasteiger charge is 2.18. The third-order valence-electron chi connectivity index (χ3n) is 8.76. The maximum absolute atomic E-state index is 4.89. The maximum atomic E-state index is 4.89. The Bertz CT molecular complexity index is 2480. The van der Waals surface area contributed by atoms with Gasteiger partial charge in [0.15, 0.2) is 0 Å². The summed E-state index contributed by atoms with van der Waals surface area (Å²) in [6.45, 7) is 0. The Hall–Kier alpha value is -5.93. The van der Waals surface area contributed by atoms with Crippen LogP contribution < -0.4 is 0 Å². The van der Waals surface area contributed by atoms with E-state index in [0.717, 1.165) is 27.9 Å². The van der Waals surface area contributed by atoms with Crippen LogP contribution in [0.5, 0.6) is 0 Å². The lowest BCUT2D eigenvalue weighted by Crippen LogP contribution is -1.96. The number of fused-ring (bicyclic) bond motifs is 6. The van der Waals surface area contributed by atoms with Crippen LogP contribution in [0.15, 0.2) is 164 Å². The molecular weight excluding hydrogens is 534 g/mol. The van der Waals surface area contributed by atoms with Crippen molar-refractivity contribution in [1.29, 1.82) is 0 Å². The number of benzene rings is 6. The molecule has 0 atom stereocenters. The van der Waals surface area contributed by atoms with E-state index in [1.807, 2.05) is 12.3 Å². The highest BCUT2D eigenvalue weighted by atomic mass is 15.0. The first-order chi connectivity index (χ1) is 21.8. The molecule has 9 rings (SSSR count). The Labute approximate surface area is 254 Å². The van der Waals surface area contributed by atoms with Crippen LogP contribution in [0.4, 0.5) is 0 Å². The van der Waals surface area contributed by atoms with Crippen molar-refractivity contribution in [3.63, 3.8) is 0 Å². The fourth-order valence-corrected chi connectivity index (χ4v) is 6.84. The monoisotopic (exact) mass is 561 g/mol. The van der Waals surface area contributed by atoms with Gasteiger partial charge in [-0.25, -0.2) is 4.98 Å². The molecule has 0 aliphatic carbocycles. The summed E-state index contributed by atoms with van der Waals surface area (Å²) in [5.74, 6) is 0. The van der Waals surface area contributed by atoms with Gasteiger partial charge in [-0.2, -0.15) is 0 Å². The van der Waals surface area contributed by atoms with Crippen molar-refractivity contribution in [3.05, 3.63) is 164 Å². The Morgan fingerprint density at radius 1 is 0.386 bits per heavy atom. The number of rotatable bonds is 4.